The van der Waals surface area contributed by atoms with Crippen LogP contribution in [-0.4, -0.2) is 0 Å². The van der Waals surface area contributed by atoms with E-state index < -0.39 is 6.63 Å². The molecular weight excluding hydrogens is 253 g/mol. The molecule has 0 fully saturated rings. The van der Waals surface area contributed by atoms with Crippen LogP contribution in [0, 0.1) is 12.7 Å². The summed E-state index contributed by atoms with van der Waals surface area (Å²) >= 11 is 11.7. The number of aryl methyl sites for hydroxylation is 1. The van der Waals surface area contributed by atoms with Gasteiger partial charge in [0, 0.05) is 5.30 Å². The highest BCUT2D eigenvalue weighted by Crippen LogP contribution is 2.48. The highest BCUT2D eigenvalue weighted by atomic mass is 35.9. The largest absolute Gasteiger partial charge is 0.206 e. The van der Waals surface area contributed by atoms with Crippen LogP contribution in [0.3, 0.4) is 0 Å². The van der Waals surface area contributed by atoms with Crippen LogP contribution in [0.5, 0.6) is 0 Å². The normalized spacial score (nSPS) is 12.3. The fourth-order valence-electron chi connectivity index (χ4n) is 1.48. The van der Waals surface area contributed by atoms with Gasteiger partial charge in [0.2, 0.25) is 0 Å². The summed E-state index contributed by atoms with van der Waals surface area (Å²) in [6.45, 7) is 6.50. The molecule has 0 unspecified atom stereocenters. The van der Waals surface area contributed by atoms with Gasteiger partial charge in [-0.25, -0.2) is 4.39 Å². The van der Waals surface area contributed by atoms with Gasteiger partial charge in [-0.15, -0.1) is 0 Å². The van der Waals surface area contributed by atoms with Crippen molar-refractivity contribution in [1.82, 2.24) is 0 Å². The van der Waals surface area contributed by atoms with Crippen molar-refractivity contribution in [3.63, 3.8) is 0 Å². The van der Waals surface area contributed by atoms with Crippen LogP contribution >= 0.6 is 29.1 Å². The van der Waals surface area contributed by atoms with Crippen molar-refractivity contribution in [3.8, 4) is 0 Å². The number of hydrogen-bond acceptors (Lipinski definition) is 0. The van der Waals surface area contributed by atoms with Crippen LogP contribution in [-0.2, 0) is 5.41 Å². The molecule has 0 aliphatic rings. The summed E-state index contributed by atoms with van der Waals surface area (Å²) in [5.41, 5.74) is 1.65. The summed E-state index contributed by atoms with van der Waals surface area (Å²) in [4.78, 5) is 0. The standard InChI is InChI=1S/C11H14Cl2FP/c1-7-5-8(11(2,3)4)10(15(12)13)9(14)6-7/h5-6H,1-4H3. The Labute approximate surface area is 101 Å². The van der Waals surface area contributed by atoms with E-state index in [9.17, 15) is 4.39 Å². The van der Waals surface area contributed by atoms with Gasteiger partial charge in [0.25, 0.3) is 0 Å². The van der Waals surface area contributed by atoms with Crippen molar-refractivity contribution in [1.29, 1.82) is 0 Å². The van der Waals surface area contributed by atoms with E-state index in [2.05, 4.69) is 0 Å². The molecule has 1 aromatic carbocycles. The monoisotopic (exact) mass is 266 g/mol. The molecule has 0 aliphatic carbocycles. The maximum Gasteiger partial charge on any atom is 0.133 e. The molecule has 0 N–H and O–H groups in total. The Hall–Kier alpha value is 0.160. The van der Waals surface area contributed by atoms with Crippen molar-refractivity contribution in [2.75, 3.05) is 0 Å². The molecule has 0 radical (unpaired) electrons. The number of rotatable bonds is 1. The smallest absolute Gasteiger partial charge is 0.133 e. The molecule has 0 aromatic heterocycles. The second-order valence-electron chi connectivity index (χ2n) is 4.63. The molecule has 1 rings (SSSR count). The average Bonchev–Trinajstić information content (AvgIpc) is 1.99. The molecule has 4 heteroatoms. The molecule has 0 nitrogen and oxygen atoms in total. The molecule has 84 valence electrons. The highest BCUT2D eigenvalue weighted by Gasteiger charge is 2.24. The third kappa shape index (κ3) is 3.06. The van der Waals surface area contributed by atoms with Crippen molar-refractivity contribution in [2.24, 2.45) is 0 Å². The molecule has 0 amide bonds. The minimum absolute atomic E-state index is 0.146. The van der Waals surface area contributed by atoms with E-state index in [0.717, 1.165) is 11.1 Å². The summed E-state index contributed by atoms with van der Waals surface area (Å²) in [6.07, 6.45) is 0. The van der Waals surface area contributed by atoms with Crippen molar-refractivity contribution in [2.45, 2.75) is 33.1 Å². The zero-order valence-electron chi connectivity index (χ0n) is 9.24. The number of halogens is 3. The van der Waals surface area contributed by atoms with Gasteiger partial charge in [0.1, 0.15) is 12.4 Å². The topological polar surface area (TPSA) is 0 Å². The zero-order chi connectivity index (χ0) is 11.8. The molecule has 15 heavy (non-hydrogen) atoms. The van der Waals surface area contributed by atoms with E-state index >= 15 is 0 Å². The van der Waals surface area contributed by atoms with Crippen LogP contribution in [0.2, 0.25) is 0 Å². The predicted molar refractivity (Wildman–Crippen MR) is 68.1 cm³/mol. The maximum atomic E-state index is 13.7. The Morgan fingerprint density at radius 3 is 2.13 bits per heavy atom. The molecule has 0 atom stereocenters. The maximum absolute atomic E-state index is 13.7. The first-order valence-corrected chi connectivity index (χ1v) is 7.81. The molecule has 0 bridgehead atoms. The van der Waals surface area contributed by atoms with E-state index in [-0.39, 0.29) is 11.2 Å². The SMILES string of the molecule is Cc1cc(F)c(P(Cl)Cl)c(C(C)(C)C)c1. The van der Waals surface area contributed by atoms with Gasteiger partial charge in [-0.2, -0.15) is 0 Å². The van der Waals surface area contributed by atoms with Gasteiger partial charge in [-0.1, -0.05) is 49.3 Å². The van der Waals surface area contributed by atoms with Gasteiger partial charge in [0.05, 0.1) is 0 Å². The van der Waals surface area contributed by atoms with Crippen molar-refractivity contribution >= 4 is 34.4 Å². The Bertz CT molecular complexity index is 370. The summed E-state index contributed by atoms with van der Waals surface area (Å²) in [6, 6.07) is 3.43. The number of benzene rings is 1. The summed E-state index contributed by atoms with van der Waals surface area (Å²) in [5, 5.41) is 0.464. The lowest BCUT2D eigenvalue weighted by atomic mass is 9.86. The fourth-order valence-corrected chi connectivity index (χ4v) is 3.32. The lowest BCUT2D eigenvalue weighted by Crippen LogP contribution is -2.23. The quantitative estimate of drug-likeness (QED) is 0.638. The molecular formula is C11H14Cl2FP. The molecule has 0 saturated carbocycles. The Morgan fingerprint density at radius 1 is 1.20 bits per heavy atom. The lowest BCUT2D eigenvalue weighted by molar-refractivity contribution is 0.580. The van der Waals surface area contributed by atoms with Crippen molar-refractivity contribution < 1.29 is 4.39 Å². The van der Waals surface area contributed by atoms with Crippen LogP contribution in [0.15, 0.2) is 12.1 Å². The van der Waals surface area contributed by atoms with E-state index in [1.54, 1.807) is 0 Å². The number of hydrogen-bond donors (Lipinski definition) is 0. The van der Waals surface area contributed by atoms with Gasteiger partial charge >= 0.3 is 0 Å². The van der Waals surface area contributed by atoms with Gasteiger partial charge in [-0.3, -0.25) is 0 Å². The van der Waals surface area contributed by atoms with E-state index in [1.807, 2.05) is 33.8 Å². The lowest BCUT2D eigenvalue weighted by Gasteiger charge is -2.24. The third-order valence-electron chi connectivity index (χ3n) is 2.18. The first-order chi connectivity index (χ1) is 6.73. The summed E-state index contributed by atoms with van der Waals surface area (Å²) < 4.78 is 13.7. The van der Waals surface area contributed by atoms with Crippen LogP contribution in [0.1, 0.15) is 31.9 Å². The molecule has 0 saturated heterocycles. The second kappa shape index (κ2) is 4.57. The molecule has 0 heterocycles. The van der Waals surface area contributed by atoms with Crippen LogP contribution in [0.25, 0.3) is 0 Å². The minimum atomic E-state index is -1.44. The third-order valence-corrected chi connectivity index (χ3v) is 3.99. The summed E-state index contributed by atoms with van der Waals surface area (Å²) in [5.74, 6) is -0.295. The Morgan fingerprint density at radius 2 is 1.73 bits per heavy atom. The van der Waals surface area contributed by atoms with E-state index in [0.29, 0.717) is 5.30 Å². The second-order valence-corrected chi connectivity index (χ2v) is 8.09. The van der Waals surface area contributed by atoms with E-state index in [1.165, 1.54) is 6.07 Å². The average molecular weight is 267 g/mol. The Balaban J connectivity index is 3.47. The van der Waals surface area contributed by atoms with Crippen molar-refractivity contribution in [3.05, 3.63) is 29.1 Å². The van der Waals surface area contributed by atoms with Crippen LogP contribution in [0.4, 0.5) is 4.39 Å². The molecule has 0 spiro atoms. The zero-order valence-corrected chi connectivity index (χ0v) is 11.6. The molecule has 1 aromatic rings. The minimum Gasteiger partial charge on any atom is -0.206 e. The van der Waals surface area contributed by atoms with E-state index in [4.69, 9.17) is 22.5 Å². The first-order valence-electron chi connectivity index (χ1n) is 4.66. The predicted octanol–water partition coefficient (Wildman–Crippen LogP) is 4.85. The van der Waals surface area contributed by atoms with Crippen LogP contribution < -0.4 is 5.30 Å². The van der Waals surface area contributed by atoms with Gasteiger partial charge in [-0.05, 0) is 29.5 Å². The fraction of sp³-hybridized carbons (Fsp3) is 0.455. The first kappa shape index (κ1) is 13.2. The van der Waals surface area contributed by atoms with Gasteiger partial charge < -0.3 is 0 Å². The highest BCUT2D eigenvalue weighted by molar-refractivity contribution is 8.08. The summed E-state index contributed by atoms with van der Waals surface area (Å²) in [7, 11) is 0. The molecule has 0 aliphatic heterocycles. The van der Waals surface area contributed by atoms with Gasteiger partial charge in [0.15, 0.2) is 0 Å². The Kier molecular flexibility index (Phi) is 4.03.